The zero-order valence-corrected chi connectivity index (χ0v) is 14.2. The molecule has 0 amide bonds. The highest BCUT2D eigenvalue weighted by Crippen LogP contribution is 2.46. The topological polar surface area (TPSA) is 40.5 Å². The highest BCUT2D eigenvalue weighted by atomic mass is 32.2. The third-order valence-corrected chi connectivity index (χ3v) is 5.09. The first-order valence-corrected chi connectivity index (χ1v) is 8.56. The molecule has 1 aliphatic carbocycles. The molecule has 1 rings (SSSR count). The summed E-state index contributed by atoms with van der Waals surface area (Å²) in [4.78, 5) is 0. The third-order valence-electron chi connectivity index (χ3n) is 4.28. The number of aliphatic hydroxyl groups excluding tert-OH is 1. The van der Waals surface area contributed by atoms with Crippen molar-refractivity contribution in [2.45, 2.75) is 59.2 Å². The van der Waals surface area contributed by atoms with Gasteiger partial charge >= 0.3 is 0 Å². The second-order valence-electron chi connectivity index (χ2n) is 6.44. The monoisotopic (exact) mass is 296 g/mol. The van der Waals surface area contributed by atoms with Gasteiger partial charge in [-0.15, -0.1) is 0 Å². The number of hydrogen-bond donors (Lipinski definition) is 2. The Kier molecular flexibility index (Phi) is 6.19. The van der Waals surface area contributed by atoms with Gasteiger partial charge in [-0.25, -0.2) is 0 Å². The number of allylic oxidation sites excluding steroid dienone is 1. The van der Waals surface area contributed by atoms with Gasteiger partial charge < -0.3 is 10.2 Å². The van der Waals surface area contributed by atoms with Gasteiger partial charge in [0, 0.05) is 11.2 Å². The Bertz CT molecular complexity index is 416. The third kappa shape index (κ3) is 4.04. The van der Waals surface area contributed by atoms with Gasteiger partial charge in [-0.2, -0.15) is 11.8 Å². The molecule has 1 aliphatic rings. The molecule has 114 valence electrons. The largest absolute Gasteiger partial charge is 0.393 e. The molecule has 0 aromatic rings. The Balaban J connectivity index is 2.90. The average molecular weight is 296 g/mol. The summed E-state index contributed by atoms with van der Waals surface area (Å²) in [6, 6.07) is 0. The van der Waals surface area contributed by atoms with E-state index in [0.29, 0.717) is 12.8 Å². The van der Waals surface area contributed by atoms with Crippen molar-refractivity contribution in [2.24, 2.45) is 11.3 Å². The van der Waals surface area contributed by atoms with Crippen molar-refractivity contribution in [2.75, 3.05) is 11.5 Å². The lowest BCUT2D eigenvalue weighted by Gasteiger charge is -2.48. The predicted octanol–water partition coefficient (Wildman–Crippen LogP) is 3.24. The standard InChI is InChI=1S/C17H28O2S/c1-6-20-10-8-13(2)7-9-17(19)14(3)11-15(18)12-16(17,4)5/h8,14-15,18-19H,6,10-12H2,1-5H3/t14-,15-,17-/m1/s1. The van der Waals surface area contributed by atoms with Crippen LogP contribution >= 0.6 is 11.8 Å². The molecule has 0 aliphatic heterocycles. The molecule has 1 saturated carbocycles. The molecule has 1 fully saturated rings. The number of rotatable bonds is 3. The summed E-state index contributed by atoms with van der Waals surface area (Å²) >= 11 is 1.86. The molecule has 0 radical (unpaired) electrons. The van der Waals surface area contributed by atoms with E-state index in [1.54, 1.807) is 0 Å². The fourth-order valence-corrected chi connectivity index (χ4v) is 3.52. The lowest BCUT2D eigenvalue weighted by molar-refractivity contribution is -0.121. The summed E-state index contributed by atoms with van der Waals surface area (Å²) in [5, 5.41) is 20.9. The molecular weight excluding hydrogens is 268 g/mol. The van der Waals surface area contributed by atoms with E-state index >= 15 is 0 Å². The highest BCUT2D eigenvalue weighted by Gasteiger charge is 2.51. The van der Waals surface area contributed by atoms with Crippen molar-refractivity contribution in [1.29, 1.82) is 0 Å². The summed E-state index contributed by atoms with van der Waals surface area (Å²) in [7, 11) is 0. The van der Waals surface area contributed by atoms with Crippen LogP contribution in [0, 0.1) is 23.2 Å². The average Bonchev–Trinajstić information content (AvgIpc) is 2.33. The Labute approximate surface area is 128 Å². The maximum absolute atomic E-state index is 11.0. The normalized spacial score (nSPS) is 33.5. The second-order valence-corrected chi connectivity index (χ2v) is 7.76. The fourth-order valence-electron chi connectivity index (χ4n) is 2.91. The second kappa shape index (κ2) is 7.02. The van der Waals surface area contributed by atoms with Gasteiger partial charge in [0.1, 0.15) is 5.60 Å². The first-order valence-electron chi connectivity index (χ1n) is 7.41. The van der Waals surface area contributed by atoms with E-state index in [1.807, 2.05) is 39.5 Å². The van der Waals surface area contributed by atoms with Crippen LogP contribution in [0.3, 0.4) is 0 Å². The van der Waals surface area contributed by atoms with Crippen molar-refractivity contribution < 1.29 is 10.2 Å². The molecular formula is C17H28O2S. The summed E-state index contributed by atoms with van der Waals surface area (Å²) in [6.45, 7) is 10.1. The maximum Gasteiger partial charge on any atom is 0.133 e. The van der Waals surface area contributed by atoms with Gasteiger partial charge in [0.25, 0.3) is 0 Å². The Morgan fingerprint density at radius 3 is 2.65 bits per heavy atom. The van der Waals surface area contributed by atoms with Gasteiger partial charge in [0.2, 0.25) is 0 Å². The van der Waals surface area contributed by atoms with E-state index in [1.165, 1.54) is 0 Å². The van der Waals surface area contributed by atoms with Crippen LogP contribution in [0.15, 0.2) is 11.6 Å². The highest BCUT2D eigenvalue weighted by molar-refractivity contribution is 7.99. The lowest BCUT2D eigenvalue weighted by atomic mass is 9.60. The van der Waals surface area contributed by atoms with E-state index in [2.05, 4.69) is 24.8 Å². The van der Waals surface area contributed by atoms with Crippen molar-refractivity contribution >= 4 is 11.8 Å². The molecule has 3 atom stereocenters. The van der Waals surface area contributed by atoms with Crippen LogP contribution in [0.25, 0.3) is 0 Å². The molecule has 0 bridgehead atoms. The van der Waals surface area contributed by atoms with Crippen LogP contribution in [0.2, 0.25) is 0 Å². The lowest BCUT2D eigenvalue weighted by Crippen LogP contribution is -2.54. The van der Waals surface area contributed by atoms with Crippen molar-refractivity contribution in [3.63, 3.8) is 0 Å². The summed E-state index contributed by atoms with van der Waals surface area (Å²) in [5.41, 5.74) is -0.414. The Hall–Kier alpha value is -0.430. The molecule has 0 unspecified atom stereocenters. The Morgan fingerprint density at radius 1 is 1.45 bits per heavy atom. The van der Waals surface area contributed by atoms with Gasteiger partial charge in [-0.3, -0.25) is 0 Å². The smallest absolute Gasteiger partial charge is 0.133 e. The van der Waals surface area contributed by atoms with Crippen molar-refractivity contribution in [3.8, 4) is 11.8 Å². The van der Waals surface area contributed by atoms with Crippen LogP contribution in [0.5, 0.6) is 0 Å². The molecule has 20 heavy (non-hydrogen) atoms. The van der Waals surface area contributed by atoms with Crippen LogP contribution in [0.1, 0.15) is 47.5 Å². The molecule has 2 nitrogen and oxygen atoms in total. The Morgan fingerprint density at radius 2 is 2.10 bits per heavy atom. The van der Waals surface area contributed by atoms with Crippen LogP contribution < -0.4 is 0 Å². The predicted molar refractivity (Wildman–Crippen MR) is 87.7 cm³/mol. The van der Waals surface area contributed by atoms with Crippen molar-refractivity contribution in [1.82, 2.24) is 0 Å². The van der Waals surface area contributed by atoms with E-state index < -0.39 is 11.0 Å². The molecule has 0 aromatic heterocycles. The van der Waals surface area contributed by atoms with Gasteiger partial charge in [-0.1, -0.05) is 45.6 Å². The minimum atomic E-state index is -1.03. The zero-order chi connectivity index (χ0) is 15.4. The van der Waals surface area contributed by atoms with E-state index in [0.717, 1.165) is 17.1 Å². The number of hydrogen-bond acceptors (Lipinski definition) is 3. The van der Waals surface area contributed by atoms with E-state index in [9.17, 15) is 10.2 Å². The summed E-state index contributed by atoms with van der Waals surface area (Å²) < 4.78 is 0. The first kappa shape index (κ1) is 17.6. The van der Waals surface area contributed by atoms with Crippen LogP contribution in [-0.4, -0.2) is 33.4 Å². The van der Waals surface area contributed by atoms with Crippen LogP contribution in [0.4, 0.5) is 0 Å². The van der Waals surface area contributed by atoms with E-state index in [-0.39, 0.29) is 12.0 Å². The SMILES string of the molecule is CCSCC=C(C)C#C[C@@]1(O)[C@H](C)C[C@@H](O)CC1(C)C. The number of thioether (sulfide) groups is 1. The van der Waals surface area contributed by atoms with Gasteiger partial charge in [-0.05, 0) is 37.0 Å². The fraction of sp³-hybridized carbons (Fsp3) is 0.765. The minimum absolute atomic E-state index is 0.0217. The molecule has 0 saturated heterocycles. The van der Waals surface area contributed by atoms with E-state index in [4.69, 9.17) is 0 Å². The summed E-state index contributed by atoms with van der Waals surface area (Å²) in [6.07, 6.45) is 2.99. The van der Waals surface area contributed by atoms with Crippen molar-refractivity contribution in [3.05, 3.63) is 11.6 Å². The molecule has 2 N–H and O–H groups in total. The molecule has 0 aromatic carbocycles. The number of aliphatic hydroxyl groups is 2. The molecule has 0 spiro atoms. The quantitative estimate of drug-likeness (QED) is 0.620. The summed E-state index contributed by atoms with van der Waals surface area (Å²) in [5.74, 6) is 8.26. The maximum atomic E-state index is 11.0. The molecule has 0 heterocycles. The van der Waals surface area contributed by atoms with Gasteiger partial charge in [0.15, 0.2) is 0 Å². The molecule has 3 heteroatoms. The first-order chi connectivity index (χ1) is 9.23. The zero-order valence-electron chi connectivity index (χ0n) is 13.4. The minimum Gasteiger partial charge on any atom is -0.393 e. The van der Waals surface area contributed by atoms with Gasteiger partial charge in [0.05, 0.1) is 6.10 Å². The van der Waals surface area contributed by atoms with Crippen LogP contribution in [-0.2, 0) is 0 Å².